The van der Waals surface area contributed by atoms with Crippen molar-refractivity contribution >= 4 is 0 Å². The van der Waals surface area contributed by atoms with Crippen molar-refractivity contribution in [2.45, 2.75) is 31.7 Å². The average Bonchev–Trinajstić information content (AvgIpc) is 3.01. The first-order valence-electron chi connectivity index (χ1n) is 7.96. The summed E-state index contributed by atoms with van der Waals surface area (Å²) in [6, 6.07) is 8.94. The molecule has 1 aliphatic heterocycles. The molecule has 1 saturated carbocycles. The lowest BCUT2D eigenvalue weighted by molar-refractivity contribution is 0.135. The first-order chi connectivity index (χ1) is 9.88. The van der Waals surface area contributed by atoms with Crippen molar-refractivity contribution in [1.82, 2.24) is 10.2 Å². The Bertz CT molecular complexity index is 429. The Balaban J connectivity index is 1.77. The van der Waals surface area contributed by atoms with Crippen molar-refractivity contribution < 1.29 is 4.74 Å². The van der Waals surface area contributed by atoms with Gasteiger partial charge in [-0.25, -0.2) is 0 Å². The second kappa shape index (κ2) is 6.59. The molecule has 3 heteroatoms. The fourth-order valence-electron chi connectivity index (χ4n) is 3.74. The van der Waals surface area contributed by atoms with Crippen LogP contribution >= 0.6 is 0 Å². The van der Waals surface area contributed by atoms with Gasteiger partial charge in [0.1, 0.15) is 5.75 Å². The van der Waals surface area contributed by atoms with Crippen LogP contribution < -0.4 is 10.1 Å². The van der Waals surface area contributed by atoms with Crippen LogP contribution in [-0.4, -0.2) is 38.2 Å². The van der Waals surface area contributed by atoms with Crippen LogP contribution in [0.1, 0.15) is 37.3 Å². The fourth-order valence-corrected chi connectivity index (χ4v) is 3.74. The monoisotopic (exact) mass is 274 g/mol. The van der Waals surface area contributed by atoms with Crippen LogP contribution in [0.5, 0.6) is 5.75 Å². The summed E-state index contributed by atoms with van der Waals surface area (Å²) in [4.78, 5) is 2.67. The summed E-state index contributed by atoms with van der Waals surface area (Å²) < 4.78 is 5.56. The van der Waals surface area contributed by atoms with Crippen molar-refractivity contribution in [3.8, 4) is 5.75 Å². The van der Waals surface area contributed by atoms with E-state index in [2.05, 4.69) is 34.5 Å². The van der Waals surface area contributed by atoms with E-state index >= 15 is 0 Å². The van der Waals surface area contributed by atoms with E-state index in [9.17, 15) is 0 Å². The van der Waals surface area contributed by atoms with E-state index in [-0.39, 0.29) is 0 Å². The third-order valence-electron chi connectivity index (χ3n) is 4.82. The van der Waals surface area contributed by atoms with Gasteiger partial charge in [0.25, 0.3) is 0 Å². The minimum absolute atomic E-state index is 0.459. The molecule has 3 rings (SSSR count). The van der Waals surface area contributed by atoms with E-state index in [4.69, 9.17) is 4.74 Å². The standard InChI is InChI=1S/C17H26N2O/c1-20-17-9-5-4-8-15(17)16-12-18-10-11-19(16)13-14-6-2-3-7-14/h4-5,8-9,14,16,18H,2-3,6-7,10-13H2,1H3. The van der Waals surface area contributed by atoms with Crippen LogP contribution in [0, 0.1) is 5.92 Å². The molecule has 2 aliphatic rings. The van der Waals surface area contributed by atoms with E-state index in [0.717, 1.165) is 31.3 Å². The van der Waals surface area contributed by atoms with Crippen molar-refractivity contribution in [3.63, 3.8) is 0 Å². The van der Waals surface area contributed by atoms with Gasteiger partial charge >= 0.3 is 0 Å². The summed E-state index contributed by atoms with van der Waals surface area (Å²) in [5.41, 5.74) is 1.33. The molecule has 0 amide bonds. The van der Waals surface area contributed by atoms with Crippen molar-refractivity contribution in [2.24, 2.45) is 5.92 Å². The Kier molecular flexibility index (Phi) is 4.58. The van der Waals surface area contributed by atoms with Gasteiger partial charge in [-0.05, 0) is 24.8 Å². The zero-order valence-corrected chi connectivity index (χ0v) is 12.5. The van der Waals surface area contributed by atoms with Crippen molar-refractivity contribution in [3.05, 3.63) is 29.8 Å². The zero-order chi connectivity index (χ0) is 13.8. The van der Waals surface area contributed by atoms with Crippen molar-refractivity contribution in [2.75, 3.05) is 33.3 Å². The molecule has 1 atom stereocenters. The molecule has 0 aromatic heterocycles. The molecule has 1 saturated heterocycles. The Morgan fingerprint density at radius 1 is 1.25 bits per heavy atom. The highest BCUT2D eigenvalue weighted by Gasteiger charge is 2.28. The van der Waals surface area contributed by atoms with Gasteiger partial charge in [-0.1, -0.05) is 31.0 Å². The minimum atomic E-state index is 0.459. The van der Waals surface area contributed by atoms with Crippen molar-refractivity contribution in [1.29, 1.82) is 0 Å². The number of methoxy groups -OCH3 is 1. The number of para-hydroxylation sites is 1. The molecular formula is C17H26N2O. The number of benzene rings is 1. The first kappa shape index (κ1) is 13.9. The summed E-state index contributed by atoms with van der Waals surface area (Å²) in [6.07, 6.45) is 5.69. The average molecular weight is 274 g/mol. The normalized spacial score (nSPS) is 24.9. The van der Waals surface area contributed by atoms with E-state index in [0.29, 0.717) is 6.04 Å². The maximum absolute atomic E-state index is 5.56. The Morgan fingerprint density at radius 3 is 2.85 bits per heavy atom. The molecule has 1 unspecified atom stereocenters. The van der Waals surface area contributed by atoms with E-state index in [1.54, 1.807) is 7.11 Å². The molecule has 3 nitrogen and oxygen atoms in total. The zero-order valence-electron chi connectivity index (χ0n) is 12.5. The lowest BCUT2D eigenvalue weighted by Crippen LogP contribution is -2.47. The molecule has 2 fully saturated rings. The molecule has 20 heavy (non-hydrogen) atoms. The topological polar surface area (TPSA) is 24.5 Å². The molecule has 1 aliphatic carbocycles. The van der Waals surface area contributed by atoms with Gasteiger partial charge in [0.2, 0.25) is 0 Å². The molecule has 1 aromatic rings. The number of piperazine rings is 1. The predicted molar refractivity (Wildman–Crippen MR) is 82.1 cm³/mol. The van der Waals surface area contributed by atoms with Crippen LogP contribution in [0.3, 0.4) is 0 Å². The van der Waals surface area contributed by atoms with Gasteiger partial charge in [0, 0.05) is 31.7 Å². The third-order valence-corrected chi connectivity index (χ3v) is 4.82. The molecule has 0 bridgehead atoms. The molecular weight excluding hydrogens is 248 g/mol. The number of rotatable bonds is 4. The number of ether oxygens (including phenoxy) is 1. The summed E-state index contributed by atoms with van der Waals surface area (Å²) in [7, 11) is 1.77. The fraction of sp³-hybridized carbons (Fsp3) is 0.647. The number of nitrogens with one attached hydrogen (secondary N) is 1. The highest BCUT2D eigenvalue weighted by molar-refractivity contribution is 5.36. The number of hydrogen-bond donors (Lipinski definition) is 1. The quantitative estimate of drug-likeness (QED) is 0.913. The van der Waals surface area contributed by atoms with Gasteiger partial charge in [-0.3, -0.25) is 4.90 Å². The summed E-state index contributed by atoms with van der Waals surface area (Å²) in [5.74, 6) is 1.93. The van der Waals surface area contributed by atoms with Gasteiger partial charge in [-0.15, -0.1) is 0 Å². The number of nitrogens with zero attached hydrogens (tertiary/aromatic N) is 1. The molecule has 110 valence electrons. The summed E-state index contributed by atoms with van der Waals surface area (Å²) in [5, 5.41) is 3.54. The lowest BCUT2D eigenvalue weighted by Gasteiger charge is -2.38. The van der Waals surface area contributed by atoms with E-state index < -0.39 is 0 Å². The molecule has 0 radical (unpaired) electrons. The second-order valence-corrected chi connectivity index (χ2v) is 6.11. The van der Waals surface area contributed by atoms with E-state index in [1.165, 1.54) is 37.8 Å². The smallest absolute Gasteiger partial charge is 0.123 e. The second-order valence-electron chi connectivity index (χ2n) is 6.11. The largest absolute Gasteiger partial charge is 0.496 e. The summed E-state index contributed by atoms with van der Waals surface area (Å²) >= 11 is 0. The highest BCUT2D eigenvalue weighted by Crippen LogP contribution is 2.33. The third kappa shape index (κ3) is 2.99. The molecule has 1 N–H and O–H groups in total. The molecule has 1 aromatic carbocycles. The van der Waals surface area contributed by atoms with Gasteiger partial charge in [-0.2, -0.15) is 0 Å². The van der Waals surface area contributed by atoms with Crippen LogP contribution in [0.4, 0.5) is 0 Å². The van der Waals surface area contributed by atoms with Crippen LogP contribution in [-0.2, 0) is 0 Å². The number of hydrogen-bond acceptors (Lipinski definition) is 3. The van der Waals surface area contributed by atoms with Crippen LogP contribution in [0.25, 0.3) is 0 Å². The SMILES string of the molecule is COc1ccccc1C1CNCCN1CC1CCCC1. The van der Waals surface area contributed by atoms with Crippen LogP contribution in [0.15, 0.2) is 24.3 Å². The maximum atomic E-state index is 5.56. The predicted octanol–water partition coefficient (Wildman–Crippen LogP) is 2.83. The van der Waals surface area contributed by atoms with Gasteiger partial charge < -0.3 is 10.1 Å². The molecule has 0 spiro atoms. The van der Waals surface area contributed by atoms with E-state index in [1.807, 2.05) is 0 Å². The molecule has 1 heterocycles. The Hall–Kier alpha value is -1.06. The first-order valence-corrected chi connectivity index (χ1v) is 7.96. The Morgan fingerprint density at radius 2 is 2.05 bits per heavy atom. The minimum Gasteiger partial charge on any atom is -0.496 e. The van der Waals surface area contributed by atoms with Crippen LogP contribution in [0.2, 0.25) is 0 Å². The maximum Gasteiger partial charge on any atom is 0.123 e. The van der Waals surface area contributed by atoms with Gasteiger partial charge in [0.05, 0.1) is 13.2 Å². The van der Waals surface area contributed by atoms with Gasteiger partial charge in [0.15, 0.2) is 0 Å². The lowest BCUT2D eigenvalue weighted by atomic mass is 9.99. The Labute approximate surface area is 122 Å². The summed E-state index contributed by atoms with van der Waals surface area (Å²) in [6.45, 7) is 4.55. The highest BCUT2D eigenvalue weighted by atomic mass is 16.5.